The first-order valence-electron chi connectivity index (χ1n) is 3.90. The predicted octanol–water partition coefficient (Wildman–Crippen LogP) is 1.43. The van der Waals surface area contributed by atoms with Gasteiger partial charge in [0.05, 0.1) is 0 Å². The molecule has 0 saturated heterocycles. The summed E-state index contributed by atoms with van der Waals surface area (Å²) in [7, 11) is 0. The molecule has 0 bridgehead atoms. The molecule has 5 nitrogen and oxygen atoms in total. The van der Waals surface area contributed by atoms with E-state index < -0.39 is 11.9 Å². The lowest BCUT2D eigenvalue weighted by Crippen LogP contribution is -1.95. The molecule has 1 aromatic carbocycles. The number of aromatic nitrogens is 2. The number of hydrogen-bond donors (Lipinski definition) is 1. The van der Waals surface area contributed by atoms with Crippen molar-refractivity contribution in [3.8, 4) is 11.4 Å². The maximum Gasteiger partial charge on any atom is 0.394 e. The number of carboxylic acid groups (broad SMARTS) is 1. The number of carboxylic acids is 1. The van der Waals surface area contributed by atoms with Crippen LogP contribution >= 0.6 is 0 Å². The highest BCUT2D eigenvalue weighted by Crippen LogP contribution is 2.14. The molecule has 5 heteroatoms. The zero-order valence-corrected chi connectivity index (χ0v) is 7.04. The first-order valence-corrected chi connectivity index (χ1v) is 3.90. The lowest BCUT2D eigenvalue weighted by molar-refractivity contribution is 0.0643. The monoisotopic (exact) mass is 190 g/mol. The number of carbonyl (C=O) groups is 1. The molecule has 0 saturated carbocycles. The Kier molecular flexibility index (Phi) is 1.98. The Morgan fingerprint density at radius 3 is 2.57 bits per heavy atom. The minimum absolute atomic E-state index is 0.281. The van der Waals surface area contributed by atoms with Gasteiger partial charge in [-0.05, 0) is 0 Å². The second kappa shape index (κ2) is 3.29. The minimum atomic E-state index is -1.22. The summed E-state index contributed by atoms with van der Waals surface area (Å²) in [5.74, 6) is -1.34. The highest BCUT2D eigenvalue weighted by molar-refractivity contribution is 5.82. The first-order chi connectivity index (χ1) is 6.77. The van der Waals surface area contributed by atoms with Gasteiger partial charge in [-0.2, -0.15) is 4.98 Å². The number of nitrogens with zero attached hydrogens (tertiary/aromatic N) is 2. The topological polar surface area (TPSA) is 76.2 Å². The summed E-state index contributed by atoms with van der Waals surface area (Å²) >= 11 is 0. The van der Waals surface area contributed by atoms with Gasteiger partial charge >= 0.3 is 11.9 Å². The van der Waals surface area contributed by atoms with Crippen molar-refractivity contribution in [3.63, 3.8) is 0 Å². The summed E-state index contributed by atoms with van der Waals surface area (Å²) in [6.45, 7) is 0. The Labute approximate surface area is 79.0 Å². The van der Waals surface area contributed by atoms with Crippen molar-refractivity contribution in [1.82, 2.24) is 10.1 Å². The van der Waals surface area contributed by atoms with Gasteiger partial charge in [0.2, 0.25) is 5.82 Å². The molecule has 1 N–H and O–H groups in total. The first kappa shape index (κ1) is 8.43. The standard InChI is InChI=1S/C9H6N2O3/c12-9(13)8-10-7(11-14-8)6-4-2-1-3-5-6/h1-5H,(H,12,13). The Bertz CT molecular complexity index is 450. The molecule has 0 aliphatic rings. The fourth-order valence-electron chi connectivity index (χ4n) is 1.01. The van der Waals surface area contributed by atoms with E-state index in [2.05, 4.69) is 14.7 Å². The maximum atomic E-state index is 10.4. The normalized spacial score (nSPS) is 10.0. The Morgan fingerprint density at radius 1 is 1.29 bits per heavy atom. The number of rotatable bonds is 2. The molecular weight excluding hydrogens is 184 g/mol. The summed E-state index contributed by atoms with van der Waals surface area (Å²) in [6.07, 6.45) is 0. The van der Waals surface area contributed by atoms with Gasteiger partial charge in [0.25, 0.3) is 0 Å². The molecule has 70 valence electrons. The van der Waals surface area contributed by atoms with Gasteiger partial charge in [-0.25, -0.2) is 4.79 Å². The van der Waals surface area contributed by atoms with E-state index in [1.54, 1.807) is 12.1 Å². The van der Waals surface area contributed by atoms with Crippen molar-refractivity contribution in [2.24, 2.45) is 0 Å². The number of aromatic carboxylic acids is 1. The molecule has 1 aromatic heterocycles. The molecule has 1 heterocycles. The number of benzene rings is 1. The van der Waals surface area contributed by atoms with Crippen LogP contribution in [0.2, 0.25) is 0 Å². The van der Waals surface area contributed by atoms with Gasteiger partial charge in [0, 0.05) is 5.56 Å². The van der Waals surface area contributed by atoms with Gasteiger partial charge in [-0.1, -0.05) is 35.5 Å². The zero-order chi connectivity index (χ0) is 9.97. The average Bonchev–Trinajstić information content (AvgIpc) is 2.68. The third-order valence-corrected chi connectivity index (χ3v) is 1.64. The summed E-state index contributed by atoms with van der Waals surface area (Å²) in [6, 6.07) is 9.02. The molecule has 0 radical (unpaired) electrons. The fourth-order valence-corrected chi connectivity index (χ4v) is 1.01. The predicted molar refractivity (Wildman–Crippen MR) is 46.7 cm³/mol. The van der Waals surface area contributed by atoms with Crippen molar-refractivity contribution in [2.75, 3.05) is 0 Å². The molecular formula is C9H6N2O3. The van der Waals surface area contributed by atoms with Crippen LogP contribution in [0.1, 0.15) is 10.7 Å². The molecule has 0 aliphatic carbocycles. The maximum absolute atomic E-state index is 10.4. The van der Waals surface area contributed by atoms with Crippen molar-refractivity contribution in [2.45, 2.75) is 0 Å². The molecule has 0 unspecified atom stereocenters. The van der Waals surface area contributed by atoms with Crippen LogP contribution in [0.3, 0.4) is 0 Å². The van der Waals surface area contributed by atoms with Crippen LogP contribution in [0.4, 0.5) is 0 Å². The molecule has 2 rings (SSSR count). The summed E-state index contributed by atoms with van der Waals surface area (Å²) < 4.78 is 4.52. The largest absolute Gasteiger partial charge is 0.474 e. The van der Waals surface area contributed by atoms with Gasteiger partial charge in [0.15, 0.2) is 0 Å². The summed E-state index contributed by atoms with van der Waals surface area (Å²) in [4.78, 5) is 14.2. The van der Waals surface area contributed by atoms with Crippen LogP contribution in [-0.4, -0.2) is 21.2 Å². The Balaban J connectivity index is 2.39. The molecule has 2 aromatic rings. The van der Waals surface area contributed by atoms with E-state index in [9.17, 15) is 4.79 Å². The number of hydrogen-bond acceptors (Lipinski definition) is 4. The zero-order valence-electron chi connectivity index (χ0n) is 7.04. The SMILES string of the molecule is O=C(O)c1nc(-c2ccccc2)no1. The van der Waals surface area contributed by atoms with E-state index in [0.29, 0.717) is 0 Å². The average molecular weight is 190 g/mol. The quantitative estimate of drug-likeness (QED) is 0.775. The van der Waals surface area contributed by atoms with Crippen LogP contribution in [0.15, 0.2) is 34.9 Å². The van der Waals surface area contributed by atoms with Gasteiger partial charge < -0.3 is 9.63 Å². The highest BCUT2D eigenvalue weighted by Gasteiger charge is 2.13. The summed E-state index contributed by atoms with van der Waals surface area (Å²) in [5, 5.41) is 12.1. The second-order valence-corrected chi connectivity index (χ2v) is 2.59. The van der Waals surface area contributed by atoms with Gasteiger partial charge in [-0.15, -0.1) is 0 Å². The Hall–Kier alpha value is -2.17. The van der Waals surface area contributed by atoms with E-state index in [-0.39, 0.29) is 5.82 Å². The van der Waals surface area contributed by atoms with E-state index in [0.717, 1.165) is 5.56 Å². The van der Waals surface area contributed by atoms with Crippen LogP contribution in [0.25, 0.3) is 11.4 Å². The van der Waals surface area contributed by atoms with Crippen molar-refractivity contribution in [3.05, 3.63) is 36.2 Å². The molecule has 0 spiro atoms. The van der Waals surface area contributed by atoms with E-state index >= 15 is 0 Å². The molecule has 0 aliphatic heterocycles. The molecule has 0 amide bonds. The second-order valence-electron chi connectivity index (χ2n) is 2.59. The van der Waals surface area contributed by atoms with Crippen molar-refractivity contribution >= 4 is 5.97 Å². The van der Waals surface area contributed by atoms with Crippen LogP contribution in [-0.2, 0) is 0 Å². The van der Waals surface area contributed by atoms with E-state index in [1.807, 2.05) is 18.2 Å². The van der Waals surface area contributed by atoms with Gasteiger partial charge in [-0.3, -0.25) is 0 Å². The smallest absolute Gasteiger partial charge is 0.394 e. The van der Waals surface area contributed by atoms with Gasteiger partial charge in [0.1, 0.15) is 0 Å². The highest BCUT2D eigenvalue weighted by atomic mass is 16.5. The lowest BCUT2D eigenvalue weighted by Gasteiger charge is -1.89. The third-order valence-electron chi connectivity index (χ3n) is 1.64. The molecule has 0 atom stereocenters. The molecule has 0 fully saturated rings. The Morgan fingerprint density at radius 2 is 2.00 bits per heavy atom. The summed E-state index contributed by atoms with van der Waals surface area (Å²) in [5.41, 5.74) is 0.726. The van der Waals surface area contributed by atoms with Crippen LogP contribution in [0, 0.1) is 0 Å². The lowest BCUT2D eigenvalue weighted by atomic mass is 10.2. The van der Waals surface area contributed by atoms with E-state index in [4.69, 9.17) is 5.11 Å². The third kappa shape index (κ3) is 1.47. The van der Waals surface area contributed by atoms with Crippen LogP contribution in [0.5, 0.6) is 0 Å². The fraction of sp³-hybridized carbons (Fsp3) is 0. The molecule has 14 heavy (non-hydrogen) atoms. The van der Waals surface area contributed by atoms with Crippen molar-refractivity contribution < 1.29 is 14.4 Å². The van der Waals surface area contributed by atoms with Crippen LogP contribution < -0.4 is 0 Å². The van der Waals surface area contributed by atoms with Crippen molar-refractivity contribution in [1.29, 1.82) is 0 Å². The minimum Gasteiger partial charge on any atom is -0.474 e. The van der Waals surface area contributed by atoms with E-state index in [1.165, 1.54) is 0 Å².